The van der Waals surface area contributed by atoms with E-state index >= 15 is 0 Å². The van der Waals surface area contributed by atoms with E-state index in [2.05, 4.69) is 26.5 Å². The second kappa shape index (κ2) is 6.29. The smallest absolute Gasteiger partial charge is 0.149 e. The Morgan fingerprint density at radius 1 is 1.43 bits per heavy atom. The van der Waals surface area contributed by atoms with Gasteiger partial charge in [0.25, 0.3) is 0 Å². The first kappa shape index (κ1) is 14.7. The van der Waals surface area contributed by atoms with Crippen molar-refractivity contribution in [1.29, 1.82) is 0 Å². The molecule has 0 aliphatic carbocycles. The van der Waals surface area contributed by atoms with Crippen LogP contribution in [0.15, 0.2) is 5.38 Å². The van der Waals surface area contributed by atoms with Gasteiger partial charge in [0, 0.05) is 23.7 Å². The van der Waals surface area contributed by atoms with Gasteiger partial charge in [-0.05, 0) is 51.3 Å². The fraction of sp³-hybridized carbons (Fsp3) is 0.571. The summed E-state index contributed by atoms with van der Waals surface area (Å²) in [7, 11) is 0. The van der Waals surface area contributed by atoms with Gasteiger partial charge >= 0.3 is 0 Å². The summed E-state index contributed by atoms with van der Waals surface area (Å²) in [6.45, 7) is 7.71. The van der Waals surface area contributed by atoms with Crippen molar-refractivity contribution in [3.8, 4) is 10.6 Å². The minimum atomic E-state index is 0.378. The lowest BCUT2D eigenvalue weighted by Crippen LogP contribution is -2.32. The molecular formula is C14H21N5S2. The number of nitrogens with zero attached hydrogens (tertiary/aromatic N) is 3. The highest BCUT2D eigenvalue weighted by molar-refractivity contribution is 7.15. The Balaban J connectivity index is 1.73. The van der Waals surface area contributed by atoms with Crippen LogP contribution in [0.1, 0.15) is 25.5 Å². The number of nitrogens with one attached hydrogen (secondary N) is 1. The Labute approximate surface area is 133 Å². The molecule has 1 atom stereocenters. The second-order valence-corrected chi connectivity index (χ2v) is 7.25. The fourth-order valence-corrected chi connectivity index (χ4v) is 4.45. The molecule has 2 aromatic heterocycles. The summed E-state index contributed by atoms with van der Waals surface area (Å²) in [6, 6.07) is 0.378. The lowest BCUT2D eigenvalue weighted by molar-refractivity contribution is 0.328. The molecule has 5 nitrogen and oxygen atoms in total. The number of thiazole rings is 1. The molecule has 1 saturated heterocycles. The summed E-state index contributed by atoms with van der Waals surface area (Å²) < 4.78 is 4.30. The topological polar surface area (TPSA) is 67.1 Å². The van der Waals surface area contributed by atoms with Gasteiger partial charge in [0.2, 0.25) is 0 Å². The van der Waals surface area contributed by atoms with E-state index in [4.69, 9.17) is 5.73 Å². The minimum absolute atomic E-state index is 0.378. The maximum absolute atomic E-state index is 6.04. The van der Waals surface area contributed by atoms with Gasteiger partial charge in [-0.25, -0.2) is 4.98 Å². The summed E-state index contributed by atoms with van der Waals surface area (Å²) >= 11 is 3.05. The summed E-state index contributed by atoms with van der Waals surface area (Å²) in [6.07, 6.45) is 2.65. The van der Waals surface area contributed by atoms with Gasteiger partial charge in [-0.2, -0.15) is 4.37 Å². The maximum atomic E-state index is 6.04. The van der Waals surface area contributed by atoms with E-state index in [-0.39, 0.29) is 0 Å². The van der Waals surface area contributed by atoms with Crippen LogP contribution >= 0.6 is 22.9 Å². The highest BCUT2D eigenvalue weighted by Gasteiger charge is 2.20. The summed E-state index contributed by atoms with van der Waals surface area (Å²) in [5.74, 6) is 0.574. The first-order valence-corrected chi connectivity index (χ1v) is 8.95. The van der Waals surface area contributed by atoms with Gasteiger partial charge in [0.05, 0.1) is 5.56 Å². The minimum Gasteiger partial charge on any atom is -0.382 e. The average molecular weight is 323 g/mol. The van der Waals surface area contributed by atoms with E-state index in [1.54, 1.807) is 11.3 Å². The van der Waals surface area contributed by atoms with Crippen LogP contribution in [-0.2, 0) is 0 Å². The molecule has 1 fully saturated rings. The van der Waals surface area contributed by atoms with Crippen molar-refractivity contribution in [3.05, 3.63) is 11.1 Å². The number of rotatable bonds is 5. The van der Waals surface area contributed by atoms with Crippen LogP contribution in [0.2, 0.25) is 0 Å². The molecule has 1 unspecified atom stereocenters. The van der Waals surface area contributed by atoms with Crippen LogP contribution < -0.4 is 11.1 Å². The van der Waals surface area contributed by atoms with E-state index in [0.29, 0.717) is 11.9 Å². The standard InChI is InChI=1S/C14H21N5S2/c1-9(7-19-5-3-4-6-19)16-14-11(12(15)18-21-14)13-17-10(2)8-20-13/h8-9,16H,3-7H2,1-2H3,(H2,15,18). The molecule has 114 valence electrons. The molecule has 0 bridgehead atoms. The first-order valence-electron chi connectivity index (χ1n) is 7.30. The Morgan fingerprint density at radius 2 is 2.19 bits per heavy atom. The summed E-state index contributed by atoms with van der Waals surface area (Å²) in [4.78, 5) is 7.05. The summed E-state index contributed by atoms with van der Waals surface area (Å²) in [5, 5.41) is 7.60. The summed E-state index contributed by atoms with van der Waals surface area (Å²) in [5.41, 5.74) is 8.03. The number of hydrogen-bond donors (Lipinski definition) is 2. The van der Waals surface area contributed by atoms with Crippen molar-refractivity contribution in [2.75, 3.05) is 30.7 Å². The maximum Gasteiger partial charge on any atom is 0.149 e. The van der Waals surface area contributed by atoms with E-state index in [1.165, 1.54) is 37.5 Å². The van der Waals surface area contributed by atoms with Gasteiger partial charge in [-0.3, -0.25) is 0 Å². The number of aromatic nitrogens is 2. The van der Waals surface area contributed by atoms with E-state index in [1.807, 2.05) is 12.3 Å². The fourth-order valence-electron chi connectivity index (χ4n) is 2.70. The van der Waals surface area contributed by atoms with E-state index < -0.39 is 0 Å². The van der Waals surface area contributed by atoms with Crippen molar-refractivity contribution >= 4 is 33.7 Å². The molecule has 0 amide bonds. The third-order valence-electron chi connectivity index (χ3n) is 3.66. The SMILES string of the molecule is Cc1csc(-c2c(N)nsc2NC(C)CN2CCCC2)n1. The number of aryl methyl sites for hydroxylation is 1. The van der Waals surface area contributed by atoms with Crippen molar-refractivity contribution in [2.45, 2.75) is 32.7 Å². The van der Waals surface area contributed by atoms with E-state index in [9.17, 15) is 0 Å². The van der Waals surface area contributed by atoms with Gasteiger partial charge in [0.1, 0.15) is 15.8 Å². The lowest BCUT2D eigenvalue weighted by atomic mass is 10.2. The van der Waals surface area contributed by atoms with Gasteiger partial charge in [0.15, 0.2) is 0 Å². The third-order valence-corrected chi connectivity index (χ3v) is 5.43. The first-order chi connectivity index (χ1) is 10.1. The highest BCUT2D eigenvalue weighted by atomic mass is 32.1. The molecule has 7 heteroatoms. The van der Waals surface area contributed by atoms with Gasteiger partial charge in [-0.1, -0.05) is 0 Å². The zero-order valence-corrected chi connectivity index (χ0v) is 14.1. The van der Waals surface area contributed by atoms with Crippen LogP contribution in [0.25, 0.3) is 10.6 Å². The molecule has 3 N–H and O–H groups in total. The van der Waals surface area contributed by atoms with Gasteiger partial charge < -0.3 is 16.0 Å². The zero-order valence-electron chi connectivity index (χ0n) is 12.4. The van der Waals surface area contributed by atoms with Crippen molar-refractivity contribution in [2.24, 2.45) is 0 Å². The molecule has 3 rings (SSSR count). The van der Waals surface area contributed by atoms with Crippen LogP contribution in [0, 0.1) is 6.92 Å². The highest BCUT2D eigenvalue weighted by Crippen LogP contribution is 2.38. The molecule has 1 aliphatic rings. The van der Waals surface area contributed by atoms with Crippen LogP contribution in [-0.4, -0.2) is 39.9 Å². The molecule has 0 radical (unpaired) electrons. The van der Waals surface area contributed by atoms with E-state index in [0.717, 1.165) is 27.8 Å². The van der Waals surface area contributed by atoms with Gasteiger partial charge in [-0.15, -0.1) is 11.3 Å². The molecule has 2 aromatic rings. The zero-order chi connectivity index (χ0) is 14.8. The van der Waals surface area contributed by atoms with Crippen LogP contribution in [0.3, 0.4) is 0 Å². The Hall–Kier alpha value is -1.18. The normalized spacial score (nSPS) is 17.2. The largest absolute Gasteiger partial charge is 0.382 e. The third kappa shape index (κ3) is 3.36. The van der Waals surface area contributed by atoms with Crippen molar-refractivity contribution < 1.29 is 0 Å². The van der Waals surface area contributed by atoms with Crippen LogP contribution in [0.5, 0.6) is 0 Å². The number of nitrogen functional groups attached to an aromatic ring is 1. The molecule has 3 heterocycles. The molecule has 0 aromatic carbocycles. The second-order valence-electron chi connectivity index (χ2n) is 5.62. The van der Waals surface area contributed by atoms with Crippen LogP contribution in [0.4, 0.5) is 10.8 Å². The predicted molar refractivity (Wildman–Crippen MR) is 91.1 cm³/mol. The number of hydrogen-bond acceptors (Lipinski definition) is 7. The number of likely N-dealkylation sites (tertiary alicyclic amines) is 1. The Kier molecular flexibility index (Phi) is 4.42. The molecular weight excluding hydrogens is 302 g/mol. The van der Waals surface area contributed by atoms with Crippen molar-refractivity contribution in [1.82, 2.24) is 14.3 Å². The molecule has 21 heavy (non-hydrogen) atoms. The monoisotopic (exact) mass is 323 g/mol. The Morgan fingerprint density at radius 3 is 2.86 bits per heavy atom. The Bertz CT molecular complexity index is 600. The number of anilines is 2. The average Bonchev–Trinajstić information content (AvgIpc) is 3.13. The van der Waals surface area contributed by atoms with Crippen molar-refractivity contribution in [3.63, 3.8) is 0 Å². The number of nitrogens with two attached hydrogens (primary N) is 1. The molecule has 0 spiro atoms. The molecule has 1 aliphatic heterocycles. The quantitative estimate of drug-likeness (QED) is 0.885. The molecule has 0 saturated carbocycles. The predicted octanol–water partition coefficient (Wildman–Crippen LogP) is 3.05. The lowest BCUT2D eigenvalue weighted by Gasteiger charge is -2.21.